The van der Waals surface area contributed by atoms with Crippen molar-refractivity contribution in [1.82, 2.24) is 10.2 Å². The van der Waals surface area contributed by atoms with Crippen LogP contribution in [0.3, 0.4) is 0 Å². The first-order valence-corrected chi connectivity index (χ1v) is 9.30. The Hall–Kier alpha value is -1.75. The molecule has 0 spiro atoms. The maximum absolute atomic E-state index is 12.6. The highest BCUT2D eigenvalue weighted by molar-refractivity contribution is 6.19. The number of nitrogens with zero attached hydrogens (tertiary/aromatic N) is 1. The molecular weight excluding hydrogens is 340 g/mol. The molecule has 1 aliphatic rings. The van der Waals surface area contributed by atoms with E-state index in [0.717, 1.165) is 18.6 Å². The number of carbonyl (C=O) groups is 2. The fraction of sp³-hybridized carbons (Fsp3) is 0.579. The molecule has 5 nitrogen and oxygen atoms in total. The number of piperidine rings is 1. The molecule has 1 fully saturated rings. The molecule has 0 aromatic heterocycles. The molecule has 1 heterocycles. The zero-order valence-corrected chi connectivity index (χ0v) is 15.9. The quantitative estimate of drug-likeness (QED) is 0.787. The van der Waals surface area contributed by atoms with E-state index < -0.39 is 5.41 Å². The third kappa shape index (κ3) is 5.11. The summed E-state index contributed by atoms with van der Waals surface area (Å²) < 4.78 is 5.40. The van der Waals surface area contributed by atoms with Crippen LogP contribution in [-0.2, 0) is 4.79 Å². The van der Waals surface area contributed by atoms with E-state index in [1.165, 1.54) is 0 Å². The molecule has 25 heavy (non-hydrogen) atoms. The number of rotatable bonds is 6. The van der Waals surface area contributed by atoms with Gasteiger partial charge in [-0.15, -0.1) is 11.6 Å². The summed E-state index contributed by atoms with van der Waals surface area (Å²) >= 11 is 5.85. The summed E-state index contributed by atoms with van der Waals surface area (Å²) in [7, 11) is 0. The van der Waals surface area contributed by atoms with Crippen molar-refractivity contribution in [2.45, 2.75) is 39.7 Å². The number of nitrogens with one attached hydrogen (secondary N) is 1. The Bertz CT molecular complexity index is 593. The third-order valence-corrected chi connectivity index (χ3v) is 5.15. The lowest BCUT2D eigenvalue weighted by Crippen LogP contribution is -2.49. The molecule has 2 rings (SSSR count). The van der Waals surface area contributed by atoms with Gasteiger partial charge in [-0.3, -0.25) is 9.59 Å². The van der Waals surface area contributed by atoms with E-state index in [1.54, 1.807) is 12.1 Å². The molecule has 1 aliphatic heterocycles. The number of hydrogen-bond donors (Lipinski definition) is 1. The molecule has 1 aromatic carbocycles. The van der Waals surface area contributed by atoms with E-state index in [-0.39, 0.29) is 23.7 Å². The lowest BCUT2D eigenvalue weighted by atomic mass is 9.93. The van der Waals surface area contributed by atoms with E-state index in [4.69, 9.17) is 16.3 Å². The standard InChI is InChI=1S/C19H27ClN2O3/c1-4-25-16-7-5-14(6-8-16)17(23)22-11-9-15(10-12-22)21-18(24)19(2,3)13-20/h5-8,15H,4,9-13H2,1-3H3,(H,21,24). The van der Waals surface area contributed by atoms with Gasteiger partial charge in [0.2, 0.25) is 5.91 Å². The van der Waals surface area contributed by atoms with Crippen molar-refractivity contribution in [3.63, 3.8) is 0 Å². The zero-order valence-electron chi connectivity index (χ0n) is 15.2. The van der Waals surface area contributed by atoms with Gasteiger partial charge in [-0.25, -0.2) is 0 Å². The van der Waals surface area contributed by atoms with Gasteiger partial charge in [0.15, 0.2) is 0 Å². The third-order valence-electron chi connectivity index (χ3n) is 4.48. The molecule has 0 aliphatic carbocycles. The van der Waals surface area contributed by atoms with E-state index in [9.17, 15) is 9.59 Å². The highest BCUT2D eigenvalue weighted by atomic mass is 35.5. The second-order valence-corrected chi connectivity index (χ2v) is 7.28. The molecule has 0 bridgehead atoms. The molecule has 0 unspecified atom stereocenters. The highest BCUT2D eigenvalue weighted by Crippen LogP contribution is 2.20. The molecule has 1 N–H and O–H groups in total. The van der Waals surface area contributed by atoms with Crippen molar-refractivity contribution in [2.24, 2.45) is 5.41 Å². The second kappa shape index (κ2) is 8.56. The SMILES string of the molecule is CCOc1ccc(C(=O)N2CCC(NC(=O)C(C)(C)CCl)CC2)cc1. The van der Waals surface area contributed by atoms with Crippen LogP contribution in [-0.4, -0.2) is 48.3 Å². The predicted molar refractivity (Wildman–Crippen MR) is 99.2 cm³/mol. The van der Waals surface area contributed by atoms with Gasteiger partial charge in [0.1, 0.15) is 5.75 Å². The highest BCUT2D eigenvalue weighted by Gasteiger charge is 2.30. The Morgan fingerprint density at radius 3 is 2.36 bits per heavy atom. The predicted octanol–water partition coefficient (Wildman–Crippen LogP) is 3.07. The Labute approximate surface area is 154 Å². The van der Waals surface area contributed by atoms with Crippen molar-refractivity contribution >= 4 is 23.4 Å². The topological polar surface area (TPSA) is 58.6 Å². The zero-order chi connectivity index (χ0) is 18.4. The molecule has 1 saturated heterocycles. The van der Waals surface area contributed by atoms with Crippen LogP contribution < -0.4 is 10.1 Å². The van der Waals surface area contributed by atoms with Gasteiger partial charge in [-0.05, 0) is 57.9 Å². The minimum absolute atomic E-state index is 0.0221. The van der Waals surface area contributed by atoms with Crippen LogP contribution in [0.25, 0.3) is 0 Å². The molecule has 0 saturated carbocycles. The van der Waals surface area contributed by atoms with Crippen molar-refractivity contribution in [1.29, 1.82) is 0 Å². The van der Waals surface area contributed by atoms with Gasteiger partial charge in [0.05, 0.1) is 12.0 Å². The minimum Gasteiger partial charge on any atom is -0.494 e. The van der Waals surface area contributed by atoms with Gasteiger partial charge in [-0.1, -0.05) is 0 Å². The number of amides is 2. The first kappa shape index (κ1) is 19.6. The monoisotopic (exact) mass is 366 g/mol. The number of alkyl halides is 1. The smallest absolute Gasteiger partial charge is 0.253 e. The van der Waals surface area contributed by atoms with E-state index in [2.05, 4.69) is 5.32 Å². The van der Waals surface area contributed by atoms with Gasteiger partial charge < -0.3 is 15.0 Å². The van der Waals surface area contributed by atoms with Crippen molar-refractivity contribution in [2.75, 3.05) is 25.6 Å². The van der Waals surface area contributed by atoms with Crippen LogP contribution in [0, 0.1) is 5.41 Å². The maximum atomic E-state index is 12.6. The van der Waals surface area contributed by atoms with Crippen LogP contribution in [0.1, 0.15) is 44.0 Å². The van der Waals surface area contributed by atoms with Gasteiger partial charge >= 0.3 is 0 Å². The minimum atomic E-state index is -0.573. The molecule has 0 atom stereocenters. The lowest BCUT2D eigenvalue weighted by molar-refractivity contribution is -0.129. The summed E-state index contributed by atoms with van der Waals surface area (Å²) in [6.45, 7) is 7.47. The van der Waals surface area contributed by atoms with Crippen LogP contribution in [0.5, 0.6) is 5.75 Å². The van der Waals surface area contributed by atoms with Gasteiger partial charge in [0, 0.05) is 30.6 Å². The van der Waals surface area contributed by atoms with Crippen molar-refractivity contribution < 1.29 is 14.3 Å². The maximum Gasteiger partial charge on any atom is 0.253 e. The number of ether oxygens (including phenoxy) is 1. The fourth-order valence-corrected chi connectivity index (χ4v) is 2.83. The van der Waals surface area contributed by atoms with Crippen LogP contribution in [0.15, 0.2) is 24.3 Å². The number of benzene rings is 1. The van der Waals surface area contributed by atoms with Crippen LogP contribution in [0.4, 0.5) is 0 Å². The van der Waals surface area contributed by atoms with Gasteiger partial charge in [-0.2, -0.15) is 0 Å². The Morgan fingerprint density at radius 2 is 1.84 bits per heavy atom. The molecule has 6 heteroatoms. The van der Waals surface area contributed by atoms with Gasteiger partial charge in [0.25, 0.3) is 5.91 Å². The average molecular weight is 367 g/mol. The molecule has 0 radical (unpaired) electrons. The second-order valence-electron chi connectivity index (χ2n) is 7.01. The lowest BCUT2D eigenvalue weighted by Gasteiger charge is -2.34. The largest absolute Gasteiger partial charge is 0.494 e. The number of halogens is 1. The summed E-state index contributed by atoms with van der Waals surface area (Å²) in [5.41, 5.74) is 0.0887. The first-order chi connectivity index (χ1) is 11.9. The average Bonchev–Trinajstić information content (AvgIpc) is 2.62. The Morgan fingerprint density at radius 1 is 1.24 bits per heavy atom. The Kier molecular flexibility index (Phi) is 6.71. The van der Waals surface area contributed by atoms with Crippen LogP contribution >= 0.6 is 11.6 Å². The van der Waals surface area contributed by atoms with Crippen molar-refractivity contribution in [3.8, 4) is 5.75 Å². The number of hydrogen-bond acceptors (Lipinski definition) is 3. The number of likely N-dealkylation sites (tertiary alicyclic amines) is 1. The summed E-state index contributed by atoms with van der Waals surface area (Å²) in [6.07, 6.45) is 1.51. The van der Waals surface area contributed by atoms with E-state index in [0.29, 0.717) is 25.3 Å². The summed E-state index contributed by atoms with van der Waals surface area (Å²) in [6, 6.07) is 7.32. The molecule has 2 amide bonds. The number of carbonyl (C=O) groups excluding carboxylic acids is 2. The fourth-order valence-electron chi connectivity index (χ4n) is 2.71. The summed E-state index contributed by atoms with van der Waals surface area (Å²) in [5.74, 6) is 1.04. The Balaban J connectivity index is 1.87. The normalized spacial score (nSPS) is 15.8. The summed E-state index contributed by atoms with van der Waals surface area (Å²) in [5, 5.41) is 3.05. The molecular formula is C19H27ClN2O3. The molecule has 138 valence electrons. The summed E-state index contributed by atoms with van der Waals surface area (Å²) in [4.78, 5) is 26.6. The molecule has 1 aromatic rings. The van der Waals surface area contributed by atoms with E-state index >= 15 is 0 Å². The van der Waals surface area contributed by atoms with Crippen molar-refractivity contribution in [3.05, 3.63) is 29.8 Å². The first-order valence-electron chi connectivity index (χ1n) is 8.76. The van der Waals surface area contributed by atoms with Crippen LogP contribution in [0.2, 0.25) is 0 Å². The van der Waals surface area contributed by atoms with E-state index in [1.807, 2.05) is 37.8 Å².